The summed E-state index contributed by atoms with van der Waals surface area (Å²) in [6, 6.07) is 14.4. The van der Waals surface area contributed by atoms with Crippen LogP contribution < -0.4 is 4.74 Å². The van der Waals surface area contributed by atoms with Crippen LogP contribution in [-0.4, -0.2) is 41.7 Å². The lowest BCUT2D eigenvalue weighted by Crippen LogP contribution is -2.29. The maximum atomic E-state index is 13.0. The molecule has 31 heavy (non-hydrogen) atoms. The second kappa shape index (κ2) is 11.0. The van der Waals surface area contributed by atoms with Crippen LogP contribution in [0.2, 0.25) is 5.02 Å². The van der Waals surface area contributed by atoms with E-state index in [1.54, 1.807) is 36.1 Å². The quantitative estimate of drug-likeness (QED) is 0.397. The number of esters is 1. The van der Waals surface area contributed by atoms with Gasteiger partial charge >= 0.3 is 5.97 Å². The summed E-state index contributed by atoms with van der Waals surface area (Å²) in [5.41, 5.74) is 1.42. The number of carbonyl (C=O) groups excluding carboxylic acids is 2. The molecule has 1 saturated heterocycles. The van der Waals surface area contributed by atoms with Gasteiger partial charge in [-0.2, -0.15) is 0 Å². The Hall–Kier alpha value is -2.77. The molecule has 8 heteroatoms. The standard InChI is InChI=1S/C23H23ClN2O4S/c1-3-13-26-22(28)20(31-23(26)25-18-11-9-17(24)10-12-18)14-16-7-5-6-8-19(16)30-15-21(27)29-4-2/h5-12,14H,3-4,13,15H2,1-2H3/b20-14-,25-23?. The van der Waals surface area contributed by atoms with E-state index in [9.17, 15) is 9.59 Å². The molecule has 0 bridgehead atoms. The molecule has 0 aromatic heterocycles. The number of para-hydroxylation sites is 1. The Morgan fingerprint density at radius 3 is 2.61 bits per heavy atom. The molecular weight excluding hydrogens is 436 g/mol. The highest BCUT2D eigenvalue weighted by atomic mass is 35.5. The number of thioether (sulfide) groups is 1. The largest absolute Gasteiger partial charge is 0.481 e. The number of amidine groups is 1. The van der Waals surface area contributed by atoms with Gasteiger partial charge in [0.05, 0.1) is 17.2 Å². The van der Waals surface area contributed by atoms with E-state index in [0.717, 1.165) is 12.1 Å². The van der Waals surface area contributed by atoms with Crippen molar-refractivity contribution in [2.24, 2.45) is 4.99 Å². The summed E-state index contributed by atoms with van der Waals surface area (Å²) in [5.74, 6) is -0.0517. The highest BCUT2D eigenvalue weighted by molar-refractivity contribution is 8.18. The van der Waals surface area contributed by atoms with E-state index < -0.39 is 5.97 Å². The molecule has 1 fully saturated rings. The molecule has 0 radical (unpaired) electrons. The monoisotopic (exact) mass is 458 g/mol. The number of ether oxygens (including phenoxy) is 2. The third-order valence-corrected chi connectivity index (χ3v) is 5.50. The molecule has 1 aliphatic rings. The topological polar surface area (TPSA) is 68.2 Å². The van der Waals surface area contributed by atoms with Crippen LogP contribution in [0.25, 0.3) is 6.08 Å². The first-order valence-electron chi connectivity index (χ1n) is 9.95. The fourth-order valence-corrected chi connectivity index (χ4v) is 3.99. The maximum absolute atomic E-state index is 13.0. The Labute approximate surface area is 190 Å². The zero-order chi connectivity index (χ0) is 22.2. The zero-order valence-corrected chi connectivity index (χ0v) is 18.9. The van der Waals surface area contributed by atoms with E-state index in [-0.39, 0.29) is 12.5 Å². The molecular formula is C23H23ClN2O4S. The van der Waals surface area contributed by atoms with Crippen LogP contribution in [-0.2, 0) is 14.3 Å². The zero-order valence-electron chi connectivity index (χ0n) is 17.3. The number of aliphatic imine (C=N–C) groups is 1. The van der Waals surface area contributed by atoms with E-state index in [1.165, 1.54) is 11.8 Å². The van der Waals surface area contributed by atoms with Gasteiger partial charge in [-0.3, -0.25) is 9.69 Å². The lowest BCUT2D eigenvalue weighted by atomic mass is 10.2. The molecule has 0 saturated carbocycles. The van der Waals surface area contributed by atoms with Crippen LogP contribution in [0.5, 0.6) is 5.75 Å². The number of hydrogen-bond donors (Lipinski definition) is 0. The smallest absolute Gasteiger partial charge is 0.344 e. The molecule has 162 valence electrons. The summed E-state index contributed by atoms with van der Waals surface area (Å²) in [5, 5.41) is 1.25. The highest BCUT2D eigenvalue weighted by Gasteiger charge is 2.33. The van der Waals surface area contributed by atoms with Crippen molar-refractivity contribution in [3.05, 3.63) is 64.0 Å². The summed E-state index contributed by atoms with van der Waals surface area (Å²) in [6.07, 6.45) is 2.57. The van der Waals surface area contributed by atoms with Crippen molar-refractivity contribution in [3.8, 4) is 5.75 Å². The van der Waals surface area contributed by atoms with E-state index in [1.807, 2.05) is 37.3 Å². The van der Waals surface area contributed by atoms with Gasteiger partial charge in [0.25, 0.3) is 5.91 Å². The minimum atomic E-state index is -0.442. The van der Waals surface area contributed by atoms with Crippen LogP contribution in [0.3, 0.4) is 0 Å². The molecule has 1 heterocycles. The lowest BCUT2D eigenvalue weighted by Gasteiger charge is -2.14. The number of benzene rings is 2. The van der Waals surface area contributed by atoms with Gasteiger partial charge in [-0.1, -0.05) is 36.7 Å². The minimum absolute atomic E-state index is 0.111. The van der Waals surface area contributed by atoms with E-state index in [4.69, 9.17) is 21.1 Å². The molecule has 3 rings (SSSR count). The van der Waals surface area contributed by atoms with Gasteiger partial charge < -0.3 is 9.47 Å². The van der Waals surface area contributed by atoms with Gasteiger partial charge in [0.15, 0.2) is 11.8 Å². The van der Waals surface area contributed by atoms with Crippen LogP contribution in [0.4, 0.5) is 5.69 Å². The van der Waals surface area contributed by atoms with Crippen LogP contribution in [0, 0.1) is 0 Å². The molecule has 2 aromatic rings. The Morgan fingerprint density at radius 1 is 1.16 bits per heavy atom. The Bertz CT molecular complexity index is 1000. The van der Waals surface area contributed by atoms with Gasteiger partial charge in [0.2, 0.25) is 0 Å². The van der Waals surface area contributed by atoms with Gasteiger partial charge in [-0.15, -0.1) is 0 Å². The minimum Gasteiger partial charge on any atom is -0.481 e. The number of nitrogens with zero attached hydrogens (tertiary/aromatic N) is 2. The molecule has 0 atom stereocenters. The summed E-state index contributed by atoms with van der Waals surface area (Å²) < 4.78 is 10.5. The van der Waals surface area contributed by atoms with Crippen LogP contribution in [0.1, 0.15) is 25.8 Å². The third kappa shape index (κ3) is 6.12. The second-order valence-electron chi connectivity index (χ2n) is 6.57. The predicted octanol–water partition coefficient (Wildman–Crippen LogP) is 5.30. The summed E-state index contributed by atoms with van der Waals surface area (Å²) in [7, 11) is 0. The molecule has 6 nitrogen and oxygen atoms in total. The predicted molar refractivity (Wildman–Crippen MR) is 125 cm³/mol. The fourth-order valence-electron chi connectivity index (χ4n) is 2.85. The van der Waals surface area contributed by atoms with Crippen molar-refractivity contribution < 1.29 is 19.1 Å². The SMILES string of the molecule is CCCN1C(=O)/C(=C/c2ccccc2OCC(=O)OCC)SC1=Nc1ccc(Cl)cc1. The molecule has 1 aliphatic heterocycles. The Balaban J connectivity index is 1.86. The summed E-state index contributed by atoms with van der Waals surface area (Å²) in [4.78, 5) is 31.5. The van der Waals surface area contributed by atoms with Crippen molar-refractivity contribution in [3.63, 3.8) is 0 Å². The van der Waals surface area contributed by atoms with Crippen molar-refractivity contribution in [1.82, 2.24) is 4.90 Å². The summed E-state index contributed by atoms with van der Waals surface area (Å²) in [6.45, 7) is 4.42. The van der Waals surface area contributed by atoms with Gasteiger partial charge in [0.1, 0.15) is 5.75 Å². The molecule has 0 aliphatic carbocycles. The van der Waals surface area contributed by atoms with Gasteiger partial charge in [-0.25, -0.2) is 9.79 Å². The number of rotatable bonds is 8. The number of halogens is 1. The molecule has 0 N–H and O–H groups in total. The molecule has 1 amide bonds. The van der Waals surface area contributed by atoms with E-state index >= 15 is 0 Å². The third-order valence-electron chi connectivity index (χ3n) is 4.24. The average Bonchev–Trinajstić information content (AvgIpc) is 3.04. The van der Waals surface area contributed by atoms with Gasteiger partial charge in [-0.05, 0) is 61.5 Å². The van der Waals surface area contributed by atoms with Crippen molar-refractivity contribution in [2.75, 3.05) is 19.8 Å². The number of hydrogen-bond acceptors (Lipinski definition) is 6. The molecule has 0 spiro atoms. The average molecular weight is 459 g/mol. The van der Waals surface area contributed by atoms with Crippen LogP contribution in [0.15, 0.2) is 58.4 Å². The number of amides is 1. The lowest BCUT2D eigenvalue weighted by molar-refractivity contribution is -0.145. The van der Waals surface area contributed by atoms with E-state index in [0.29, 0.717) is 39.6 Å². The first kappa shape index (κ1) is 22.9. The molecule has 0 unspecified atom stereocenters. The van der Waals surface area contributed by atoms with E-state index in [2.05, 4.69) is 4.99 Å². The number of carbonyl (C=O) groups is 2. The van der Waals surface area contributed by atoms with Crippen molar-refractivity contribution in [1.29, 1.82) is 0 Å². The fraction of sp³-hybridized carbons (Fsp3) is 0.261. The summed E-state index contributed by atoms with van der Waals surface area (Å²) >= 11 is 7.26. The normalized spacial score (nSPS) is 16.2. The van der Waals surface area contributed by atoms with Crippen molar-refractivity contribution >= 4 is 52.2 Å². The van der Waals surface area contributed by atoms with Crippen LogP contribution >= 0.6 is 23.4 Å². The Kier molecular flexibility index (Phi) is 8.14. The van der Waals surface area contributed by atoms with Gasteiger partial charge in [0, 0.05) is 17.1 Å². The first-order chi connectivity index (χ1) is 15.0. The molecule has 2 aromatic carbocycles. The highest BCUT2D eigenvalue weighted by Crippen LogP contribution is 2.35. The first-order valence-corrected chi connectivity index (χ1v) is 11.1. The van der Waals surface area contributed by atoms with Crippen molar-refractivity contribution in [2.45, 2.75) is 20.3 Å². The maximum Gasteiger partial charge on any atom is 0.344 e. The second-order valence-corrected chi connectivity index (χ2v) is 8.02. The Morgan fingerprint density at radius 2 is 1.90 bits per heavy atom.